The number of nitrogens with zero attached hydrogens (tertiary/aromatic N) is 2. The van der Waals surface area contributed by atoms with Crippen molar-refractivity contribution in [2.24, 2.45) is 0 Å². The van der Waals surface area contributed by atoms with Crippen molar-refractivity contribution in [3.05, 3.63) is 48.1 Å². The van der Waals surface area contributed by atoms with E-state index in [9.17, 15) is 4.79 Å². The van der Waals surface area contributed by atoms with Gasteiger partial charge in [-0.1, -0.05) is 12.2 Å². The maximum atomic E-state index is 12.5. The van der Waals surface area contributed by atoms with Crippen molar-refractivity contribution >= 4 is 11.6 Å². The number of carbonyl (C=O) groups is 1. The molecule has 5 nitrogen and oxygen atoms in total. The molecule has 0 aromatic heterocycles. The second kappa shape index (κ2) is 9.57. The molecular weight excluding hydrogens is 352 g/mol. The average molecular weight is 380 g/mol. The van der Waals surface area contributed by atoms with Crippen molar-refractivity contribution in [3.8, 4) is 11.8 Å². The van der Waals surface area contributed by atoms with Crippen molar-refractivity contribution in [3.63, 3.8) is 0 Å². The van der Waals surface area contributed by atoms with Crippen LogP contribution in [0.15, 0.2) is 31.4 Å². The Kier molecular flexibility index (Phi) is 6.89. The Morgan fingerprint density at radius 3 is 2.79 bits per heavy atom. The number of carbonyl (C=O) groups excluding carboxylic acids is 1. The summed E-state index contributed by atoms with van der Waals surface area (Å²) in [6.07, 6.45) is 9.26. The van der Waals surface area contributed by atoms with Crippen molar-refractivity contribution in [2.75, 3.05) is 18.1 Å². The molecule has 1 aromatic carbocycles. The number of anilines is 1. The minimum absolute atomic E-state index is 0.0705. The summed E-state index contributed by atoms with van der Waals surface area (Å²) in [6, 6.07) is 4.18. The Labute approximate surface area is 167 Å². The highest BCUT2D eigenvalue weighted by Gasteiger charge is 2.30. The van der Waals surface area contributed by atoms with Crippen LogP contribution in [0.1, 0.15) is 48.8 Å². The minimum atomic E-state index is -0.237. The number of rotatable bonds is 8. The number of hydrogen-bond acceptors (Lipinski definition) is 4. The van der Waals surface area contributed by atoms with Gasteiger partial charge in [0.05, 0.1) is 19.1 Å². The van der Waals surface area contributed by atoms with E-state index in [1.165, 1.54) is 0 Å². The van der Waals surface area contributed by atoms with Gasteiger partial charge >= 0.3 is 0 Å². The molecular formula is C23H28N2O3. The highest BCUT2D eigenvalue weighted by Crippen LogP contribution is 2.40. The zero-order valence-corrected chi connectivity index (χ0v) is 16.4. The van der Waals surface area contributed by atoms with E-state index in [1.54, 1.807) is 4.90 Å². The predicted octanol–water partition coefficient (Wildman–Crippen LogP) is 4.24. The standard InChI is InChI=1S/C23H28N2O3/c1-3-8-17-16-20-18(11-12-21(26)25(20)14-7-13-24)19(9-4-2)23(17)28-22-10-5-6-15-27-22/h3-4,16,22H,1-2,5-12,14-15H2. The maximum Gasteiger partial charge on any atom is 0.227 e. The molecule has 1 aromatic rings. The van der Waals surface area contributed by atoms with Crippen LogP contribution < -0.4 is 9.64 Å². The van der Waals surface area contributed by atoms with Gasteiger partial charge in [-0.15, -0.1) is 13.2 Å². The molecule has 5 heteroatoms. The fourth-order valence-corrected chi connectivity index (χ4v) is 3.98. The third kappa shape index (κ3) is 4.28. The first kappa shape index (κ1) is 20.2. The van der Waals surface area contributed by atoms with Crippen LogP contribution in [0, 0.1) is 11.3 Å². The van der Waals surface area contributed by atoms with Gasteiger partial charge in [0.25, 0.3) is 0 Å². The van der Waals surface area contributed by atoms with E-state index in [1.807, 2.05) is 18.2 Å². The topological polar surface area (TPSA) is 62.6 Å². The molecule has 1 saturated heterocycles. The maximum absolute atomic E-state index is 12.5. The Bertz CT molecular complexity index is 788. The first-order valence-corrected chi connectivity index (χ1v) is 10.0. The third-order valence-corrected chi connectivity index (χ3v) is 5.28. The van der Waals surface area contributed by atoms with Gasteiger partial charge in [-0.2, -0.15) is 5.26 Å². The number of allylic oxidation sites excluding steroid dienone is 2. The van der Waals surface area contributed by atoms with Crippen LogP contribution >= 0.6 is 0 Å². The van der Waals surface area contributed by atoms with Crippen molar-refractivity contribution in [1.29, 1.82) is 5.26 Å². The lowest BCUT2D eigenvalue weighted by Crippen LogP contribution is -2.36. The van der Waals surface area contributed by atoms with Crippen molar-refractivity contribution < 1.29 is 14.3 Å². The van der Waals surface area contributed by atoms with Gasteiger partial charge in [-0.3, -0.25) is 4.79 Å². The number of amides is 1. The zero-order valence-electron chi connectivity index (χ0n) is 16.4. The summed E-state index contributed by atoms with van der Waals surface area (Å²) in [5.74, 6) is 0.918. The van der Waals surface area contributed by atoms with Crippen LogP contribution in [-0.4, -0.2) is 25.3 Å². The highest BCUT2D eigenvalue weighted by atomic mass is 16.7. The van der Waals surface area contributed by atoms with Gasteiger partial charge in [0.15, 0.2) is 6.29 Å². The lowest BCUT2D eigenvalue weighted by atomic mass is 9.90. The van der Waals surface area contributed by atoms with E-state index >= 15 is 0 Å². The van der Waals surface area contributed by atoms with E-state index in [4.69, 9.17) is 14.7 Å². The fourth-order valence-electron chi connectivity index (χ4n) is 3.98. The number of benzene rings is 1. The lowest BCUT2D eigenvalue weighted by molar-refractivity contribution is -0.119. The molecule has 0 spiro atoms. The van der Waals surface area contributed by atoms with E-state index in [0.717, 1.165) is 54.0 Å². The summed E-state index contributed by atoms with van der Waals surface area (Å²) in [5.41, 5.74) is 4.09. The van der Waals surface area contributed by atoms with Crippen molar-refractivity contribution in [2.45, 2.75) is 57.7 Å². The molecule has 1 fully saturated rings. The summed E-state index contributed by atoms with van der Waals surface area (Å²) in [4.78, 5) is 14.3. The second-order valence-electron chi connectivity index (χ2n) is 7.19. The molecule has 0 N–H and O–H groups in total. The summed E-state index contributed by atoms with van der Waals surface area (Å²) in [5, 5.41) is 8.99. The molecule has 148 valence electrons. The molecule has 0 radical (unpaired) electrons. The van der Waals surface area contributed by atoms with Gasteiger partial charge in [0, 0.05) is 36.2 Å². The molecule has 28 heavy (non-hydrogen) atoms. The SMILES string of the molecule is C=CCc1cc2c(c(CC=C)c1OC1CCCCO1)CCC(=O)N2CCC#N. The van der Waals surface area contributed by atoms with Crippen LogP contribution in [0.5, 0.6) is 5.75 Å². The van der Waals surface area contributed by atoms with Gasteiger partial charge in [0.1, 0.15) is 5.75 Å². The second-order valence-corrected chi connectivity index (χ2v) is 7.19. The van der Waals surface area contributed by atoms with Gasteiger partial charge < -0.3 is 14.4 Å². The average Bonchev–Trinajstić information content (AvgIpc) is 2.71. The molecule has 3 rings (SSSR count). The molecule has 0 aliphatic carbocycles. The largest absolute Gasteiger partial charge is 0.464 e. The third-order valence-electron chi connectivity index (χ3n) is 5.28. The zero-order chi connectivity index (χ0) is 19.9. The summed E-state index contributed by atoms with van der Waals surface area (Å²) in [6.45, 7) is 8.94. The normalized spacial score (nSPS) is 18.9. The minimum Gasteiger partial charge on any atom is -0.464 e. The molecule has 0 saturated carbocycles. The number of ether oxygens (including phenoxy) is 2. The highest BCUT2D eigenvalue weighted by molar-refractivity contribution is 5.97. The Morgan fingerprint density at radius 1 is 1.29 bits per heavy atom. The Balaban J connectivity index is 2.08. The van der Waals surface area contributed by atoms with Gasteiger partial charge in [-0.05, 0) is 43.7 Å². The van der Waals surface area contributed by atoms with E-state index < -0.39 is 0 Å². The first-order valence-electron chi connectivity index (χ1n) is 10.0. The fraction of sp³-hybridized carbons (Fsp3) is 0.478. The molecule has 1 atom stereocenters. The van der Waals surface area contributed by atoms with Crippen LogP contribution in [0.25, 0.3) is 0 Å². The molecule has 1 amide bonds. The number of hydrogen-bond donors (Lipinski definition) is 0. The van der Waals surface area contributed by atoms with E-state index in [2.05, 4.69) is 19.2 Å². The Morgan fingerprint density at radius 2 is 2.11 bits per heavy atom. The summed E-state index contributed by atoms with van der Waals surface area (Å²) in [7, 11) is 0. The summed E-state index contributed by atoms with van der Waals surface area (Å²) < 4.78 is 12.2. The molecule has 0 bridgehead atoms. The quantitative estimate of drug-likeness (QED) is 0.633. The van der Waals surface area contributed by atoms with Crippen LogP contribution in [0.4, 0.5) is 5.69 Å². The molecule has 1 unspecified atom stereocenters. The van der Waals surface area contributed by atoms with Crippen LogP contribution in [-0.2, 0) is 28.8 Å². The lowest BCUT2D eigenvalue weighted by Gasteiger charge is -2.33. The van der Waals surface area contributed by atoms with Gasteiger partial charge in [0.2, 0.25) is 5.91 Å². The molecule has 2 aliphatic rings. The molecule has 2 aliphatic heterocycles. The van der Waals surface area contributed by atoms with E-state index in [-0.39, 0.29) is 12.2 Å². The number of nitriles is 1. The van der Waals surface area contributed by atoms with Crippen LogP contribution in [0.3, 0.4) is 0 Å². The number of fused-ring (bicyclic) bond motifs is 1. The smallest absolute Gasteiger partial charge is 0.227 e. The van der Waals surface area contributed by atoms with Crippen molar-refractivity contribution in [1.82, 2.24) is 0 Å². The van der Waals surface area contributed by atoms with Crippen LogP contribution in [0.2, 0.25) is 0 Å². The first-order chi connectivity index (χ1) is 13.7. The predicted molar refractivity (Wildman–Crippen MR) is 109 cm³/mol. The monoisotopic (exact) mass is 380 g/mol. The van der Waals surface area contributed by atoms with Gasteiger partial charge in [-0.25, -0.2) is 0 Å². The summed E-state index contributed by atoms with van der Waals surface area (Å²) >= 11 is 0. The van der Waals surface area contributed by atoms with E-state index in [0.29, 0.717) is 38.6 Å². The molecule has 2 heterocycles. The Hall–Kier alpha value is -2.58.